The van der Waals surface area contributed by atoms with E-state index in [1.807, 2.05) is 24.3 Å². The lowest BCUT2D eigenvalue weighted by Crippen LogP contribution is -2.20. The van der Waals surface area contributed by atoms with Crippen molar-refractivity contribution in [3.63, 3.8) is 0 Å². The summed E-state index contributed by atoms with van der Waals surface area (Å²) in [6, 6.07) is 16.5. The van der Waals surface area contributed by atoms with E-state index in [2.05, 4.69) is 10.1 Å². The Morgan fingerprint density at radius 3 is 2.38 bits per heavy atom. The molecule has 0 saturated heterocycles. The van der Waals surface area contributed by atoms with Crippen LogP contribution in [0.15, 0.2) is 60.7 Å². The lowest BCUT2D eigenvalue weighted by Gasteiger charge is -2.11. The molecule has 0 saturated carbocycles. The maximum Gasteiger partial charge on any atom is 0.387 e. The summed E-state index contributed by atoms with van der Waals surface area (Å²) in [5.41, 5.74) is 0.446. The highest BCUT2D eigenvalue weighted by Crippen LogP contribution is 2.31. The van der Waals surface area contributed by atoms with Crippen molar-refractivity contribution in [2.75, 3.05) is 11.9 Å². The number of anilines is 1. The number of alkyl halides is 2. The van der Waals surface area contributed by atoms with Crippen molar-refractivity contribution >= 4 is 34.0 Å². The van der Waals surface area contributed by atoms with Crippen LogP contribution in [0, 0.1) is 0 Å². The summed E-state index contributed by atoms with van der Waals surface area (Å²) in [4.78, 5) is 12.0. The molecule has 0 unspecified atom stereocenters. The molecular weight excluding hydrogens is 364 g/mol. The largest absolute Gasteiger partial charge is 0.483 e. The van der Waals surface area contributed by atoms with Crippen LogP contribution in [0.1, 0.15) is 0 Å². The minimum Gasteiger partial charge on any atom is -0.483 e. The fourth-order valence-electron chi connectivity index (χ4n) is 2.42. The van der Waals surface area contributed by atoms with Gasteiger partial charge in [0.25, 0.3) is 5.91 Å². The topological polar surface area (TPSA) is 47.6 Å². The number of hydrogen-bond acceptors (Lipinski definition) is 3. The molecule has 26 heavy (non-hydrogen) atoms. The van der Waals surface area contributed by atoms with E-state index in [-0.39, 0.29) is 18.3 Å². The minimum atomic E-state index is -2.89. The number of halogens is 3. The summed E-state index contributed by atoms with van der Waals surface area (Å²) in [7, 11) is 0. The van der Waals surface area contributed by atoms with Crippen LogP contribution < -0.4 is 14.8 Å². The molecule has 4 nitrogen and oxygen atoms in total. The van der Waals surface area contributed by atoms with E-state index in [0.717, 1.165) is 10.8 Å². The zero-order valence-electron chi connectivity index (χ0n) is 13.4. The van der Waals surface area contributed by atoms with Crippen molar-refractivity contribution in [2.24, 2.45) is 0 Å². The monoisotopic (exact) mass is 377 g/mol. The lowest BCUT2D eigenvalue weighted by molar-refractivity contribution is -0.118. The zero-order valence-corrected chi connectivity index (χ0v) is 14.2. The number of hydrogen-bond donors (Lipinski definition) is 1. The summed E-state index contributed by atoms with van der Waals surface area (Å²) >= 11 is 6.15. The van der Waals surface area contributed by atoms with E-state index in [4.69, 9.17) is 16.3 Å². The molecule has 0 aliphatic heterocycles. The minimum absolute atomic E-state index is 0.0156. The summed E-state index contributed by atoms with van der Waals surface area (Å²) in [6.07, 6.45) is 0. The Morgan fingerprint density at radius 1 is 1.00 bits per heavy atom. The Balaban J connectivity index is 1.62. The van der Waals surface area contributed by atoms with Crippen molar-refractivity contribution in [3.05, 3.63) is 65.7 Å². The highest BCUT2D eigenvalue weighted by molar-refractivity contribution is 6.35. The molecule has 0 spiro atoms. The van der Waals surface area contributed by atoms with Crippen molar-refractivity contribution in [2.45, 2.75) is 6.61 Å². The van der Waals surface area contributed by atoms with Gasteiger partial charge in [-0.05, 0) is 36.4 Å². The first-order chi connectivity index (χ1) is 12.5. The maximum atomic E-state index is 12.1. The maximum absolute atomic E-state index is 12.1. The van der Waals surface area contributed by atoms with Crippen LogP contribution in [0.4, 0.5) is 14.5 Å². The Hall–Kier alpha value is -2.86. The quantitative estimate of drug-likeness (QED) is 0.649. The van der Waals surface area contributed by atoms with Gasteiger partial charge in [-0.15, -0.1) is 0 Å². The SMILES string of the molecule is O=C(COc1ccc(Cl)c2ccccc12)Nc1ccc(OC(F)F)cc1. The van der Waals surface area contributed by atoms with Crippen LogP contribution in [0.25, 0.3) is 10.8 Å². The lowest BCUT2D eigenvalue weighted by atomic mass is 10.1. The van der Waals surface area contributed by atoms with Crippen molar-refractivity contribution < 1.29 is 23.0 Å². The van der Waals surface area contributed by atoms with Crippen LogP contribution >= 0.6 is 11.6 Å². The zero-order chi connectivity index (χ0) is 18.5. The molecule has 3 rings (SSSR count). The Morgan fingerprint density at radius 2 is 1.69 bits per heavy atom. The van der Waals surface area contributed by atoms with E-state index >= 15 is 0 Å². The van der Waals surface area contributed by atoms with Crippen LogP contribution in [0.3, 0.4) is 0 Å². The molecule has 7 heteroatoms. The van der Waals surface area contributed by atoms with Crippen LogP contribution in [-0.4, -0.2) is 19.1 Å². The van der Waals surface area contributed by atoms with Crippen LogP contribution in [0.5, 0.6) is 11.5 Å². The third-order valence-corrected chi connectivity index (χ3v) is 3.88. The standard InChI is InChI=1S/C19H14ClF2NO3/c20-16-9-10-17(15-4-2-1-3-14(15)16)25-11-18(24)23-12-5-7-13(8-6-12)26-19(21)22/h1-10,19H,11H2,(H,23,24). The average Bonchev–Trinajstić information content (AvgIpc) is 2.63. The first-order valence-corrected chi connectivity index (χ1v) is 8.05. The van der Waals surface area contributed by atoms with Gasteiger partial charge >= 0.3 is 6.61 Å². The third kappa shape index (κ3) is 4.40. The first-order valence-electron chi connectivity index (χ1n) is 7.68. The predicted molar refractivity (Wildman–Crippen MR) is 96.2 cm³/mol. The van der Waals surface area contributed by atoms with Gasteiger partial charge in [0.05, 0.1) is 0 Å². The molecule has 0 bridgehead atoms. The number of carbonyl (C=O) groups excluding carboxylic acids is 1. The highest BCUT2D eigenvalue weighted by Gasteiger charge is 2.09. The van der Waals surface area contributed by atoms with Gasteiger partial charge in [-0.1, -0.05) is 35.9 Å². The fraction of sp³-hybridized carbons (Fsp3) is 0.105. The second-order valence-electron chi connectivity index (χ2n) is 5.33. The second kappa shape index (κ2) is 8.01. The molecule has 1 amide bonds. The second-order valence-corrected chi connectivity index (χ2v) is 5.74. The molecule has 134 valence electrons. The molecule has 3 aromatic carbocycles. The molecule has 0 fully saturated rings. The van der Waals surface area contributed by atoms with Crippen LogP contribution in [-0.2, 0) is 4.79 Å². The van der Waals surface area contributed by atoms with Crippen LogP contribution in [0.2, 0.25) is 5.02 Å². The summed E-state index contributed by atoms with van der Waals surface area (Å²) in [5, 5.41) is 4.86. The van der Waals surface area contributed by atoms with Gasteiger partial charge in [0.15, 0.2) is 6.61 Å². The number of benzene rings is 3. The Bertz CT molecular complexity index is 916. The van der Waals surface area contributed by atoms with Gasteiger partial charge in [-0.25, -0.2) is 0 Å². The summed E-state index contributed by atoms with van der Waals surface area (Å²) in [5.74, 6) is 0.175. The molecule has 0 aromatic heterocycles. The highest BCUT2D eigenvalue weighted by atomic mass is 35.5. The van der Waals surface area contributed by atoms with Gasteiger partial charge in [0, 0.05) is 21.5 Å². The van der Waals surface area contributed by atoms with Gasteiger partial charge in [0.2, 0.25) is 0 Å². The number of amides is 1. The van der Waals surface area contributed by atoms with Gasteiger partial charge in [-0.2, -0.15) is 8.78 Å². The Kier molecular flexibility index (Phi) is 5.53. The van der Waals surface area contributed by atoms with E-state index in [0.29, 0.717) is 16.5 Å². The molecular formula is C19H14ClF2NO3. The smallest absolute Gasteiger partial charge is 0.387 e. The third-order valence-electron chi connectivity index (χ3n) is 3.55. The number of rotatable bonds is 6. The van der Waals surface area contributed by atoms with Crippen molar-refractivity contribution in [3.8, 4) is 11.5 Å². The van der Waals surface area contributed by atoms with Crippen molar-refractivity contribution in [1.82, 2.24) is 0 Å². The summed E-state index contributed by atoms with van der Waals surface area (Å²) < 4.78 is 34.1. The predicted octanol–water partition coefficient (Wildman–Crippen LogP) is 5.11. The molecule has 1 N–H and O–H groups in total. The van der Waals surface area contributed by atoms with Gasteiger partial charge in [0.1, 0.15) is 11.5 Å². The average molecular weight is 378 g/mol. The molecule has 0 aliphatic carbocycles. The van der Waals surface area contributed by atoms with E-state index in [9.17, 15) is 13.6 Å². The first kappa shape index (κ1) is 17.9. The summed E-state index contributed by atoms with van der Waals surface area (Å²) in [6.45, 7) is -3.10. The molecule has 0 heterocycles. The number of carbonyl (C=O) groups is 1. The normalized spacial score (nSPS) is 10.8. The fourth-order valence-corrected chi connectivity index (χ4v) is 2.65. The van der Waals surface area contributed by atoms with Gasteiger partial charge in [-0.3, -0.25) is 4.79 Å². The van der Waals surface area contributed by atoms with Crippen molar-refractivity contribution in [1.29, 1.82) is 0 Å². The van der Waals surface area contributed by atoms with Gasteiger partial charge < -0.3 is 14.8 Å². The molecule has 0 aliphatic rings. The van der Waals surface area contributed by atoms with E-state index in [1.54, 1.807) is 12.1 Å². The number of fused-ring (bicyclic) bond motifs is 1. The Labute approximate surface area is 153 Å². The van der Waals surface area contributed by atoms with E-state index in [1.165, 1.54) is 24.3 Å². The number of ether oxygens (including phenoxy) is 2. The molecule has 3 aromatic rings. The molecule has 0 atom stereocenters. The number of nitrogens with one attached hydrogen (secondary N) is 1. The van der Waals surface area contributed by atoms with E-state index < -0.39 is 6.61 Å². The molecule has 0 radical (unpaired) electrons.